The Morgan fingerprint density at radius 1 is 0.806 bits per heavy atom. The highest BCUT2D eigenvalue weighted by atomic mass is 16.3. The molecular weight excluding hydrogens is 392 g/mol. The van der Waals surface area contributed by atoms with Crippen LogP contribution in [0.25, 0.3) is 0 Å². The third-order valence-electron chi connectivity index (χ3n) is 5.79. The zero-order valence-corrected chi connectivity index (χ0v) is 18.7. The van der Waals surface area contributed by atoms with Gasteiger partial charge in [-0.05, 0) is 31.5 Å². The molecule has 1 aromatic carbocycles. The highest BCUT2D eigenvalue weighted by Crippen LogP contribution is 2.12. The van der Waals surface area contributed by atoms with E-state index in [0.717, 1.165) is 50.6 Å². The molecule has 1 aliphatic rings. The van der Waals surface area contributed by atoms with Crippen molar-refractivity contribution in [1.82, 2.24) is 19.6 Å². The quantitative estimate of drug-likeness (QED) is 0.583. The molecule has 1 saturated heterocycles. The average molecular weight is 427 g/mol. The lowest BCUT2D eigenvalue weighted by molar-refractivity contribution is -0.136. The van der Waals surface area contributed by atoms with Crippen LogP contribution in [0.15, 0.2) is 53.1 Å². The van der Waals surface area contributed by atoms with Crippen molar-refractivity contribution in [3.8, 4) is 0 Å². The van der Waals surface area contributed by atoms with E-state index < -0.39 is 0 Å². The largest absolute Gasteiger partial charge is 0.467 e. The van der Waals surface area contributed by atoms with Crippen LogP contribution in [0.4, 0.5) is 0 Å². The van der Waals surface area contributed by atoms with Gasteiger partial charge in [-0.15, -0.1) is 0 Å². The smallest absolute Gasteiger partial charge is 0.237 e. The average Bonchev–Trinajstić information content (AvgIpc) is 3.29. The highest BCUT2D eigenvalue weighted by molar-refractivity contribution is 5.79. The van der Waals surface area contributed by atoms with Gasteiger partial charge in [-0.3, -0.25) is 19.4 Å². The first-order valence-electron chi connectivity index (χ1n) is 11.2. The number of carbonyl (C=O) groups excluding carboxylic acids is 2. The van der Waals surface area contributed by atoms with E-state index in [1.165, 1.54) is 0 Å². The number of carbonyl (C=O) groups is 2. The Balaban J connectivity index is 1.52. The number of rotatable bonds is 10. The molecule has 0 atom stereocenters. The minimum Gasteiger partial charge on any atom is -0.467 e. The van der Waals surface area contributed by atoms with Crippen LogP contribution in [0.5, 0.6) is 0 Å². The van der Waals surface area contributed by atoms with E-state index in [4.69, 9.17) is 4.42 Å². The first-order chi connectivity index (χ1) is 15.1. The summed E-state index contributed by atoms with van der Waals surface area (Å²) in [5.41, 5.74) is 1.10. The molecule has 0 spiro atoms. The van der Waals surface area contributed by atoms with Gasteiger partial charge in [0, 0.05) is 45.8 Å². The number of hydrogen-bond acceptors (Lipinski definition) is 5. The van der Waals surface area contributed by atoms with Crippen molar-refractivity contribution in [1.29, 1.82) is 0 Å². The summed E-state index contributed by atoms with van der Waals surface area (Å²) >= 11 is 0. The first kappa shape index (κ1) is 23.0. The molecule has 2 heterocycles. The molecule has 0 bridgehead atoms. The molecule has 2 amide bonds. The molecule has 2 aromatic rings. The van der Waals surface area contributed by atoms with Gasteiger partial charge in [0.2, 0.25) is 11.8 Å². The van der Waals surface area contributed by atoms with Gasteiger partial charge >= 0.3 is 0 Å². The molecule has 7 heteroatoms. The van der Waals surface area contributed by atoms with Gasteiger partial charge in [-0.25, -0.2) is 0 Å². The van der Waals surface area contributed by atoms with Crippen molar-refractivity contribution >= 4 is 11.8 Å². The van der Waals surface area contributed by atoms with Crippen LogP contribution in [0.1, 0.15) is 25.2 Å². The third kappa shape index (κ3) is 6.94. The Labute approximate surface area is 185 Å². The Bertz CT molecular complexity index is 797. The van der Waals surface area contributed by atoms with Crippen LogP contribution in [0.3, 0.4) is 0 Å². The summed E-state index contributed by atoms with van der Waals surface area (Å²) in [7, 11) is 0. The van der Waals surface area contributed by atoms with E-state index in [1.54, 1.807) is 6.26 Å². The van der Waals surface area contributed by atoms with Crippen molar-refractivity contribution < 1.29 is 14.0 Å². The molecule has 3 rings (SSSR count). The number of nitrogens with zero attached hydrogens (tertiary/aromatic N) is 4. The predicted octanol–water partition coefficient (Wildman–Crippen LogP) is 2.29. The Morgan fingerprint density at radius 2 is 1.39 bits per heavy atom. The van der Waals surface area contributed by atoms with E-state index in [0.29, 0.717) is 26.2 Å². The molecule has 1 aliphatic heterocycles. The Kier molecular flexibility index (Phi) is 8.67. The Hall–Kier alpha value is -2.64. The molecule has 168 valence electrons. The van der Waals surface area contributed by atoms with Gasteiger partial charge in [0.05, 0.1) is 25.9 Å². The van der Waals surface area contributed by atoms with Crippen LogP contribution >= 0.6 is 0 Å². The monoisotopic (exact) mass is 426 g/mol. The molecular formula is C24H34N4O3. The van der Waals surface area contributed by atoms with Gasteiger partial charge in [0.15, 0.2) is 0 Å². The summed E-state index contributed by atoms with van der Waals surface area (Å²) in [6.07, 6.45) is 1.64. The van der Waals surface area contributed by atoms with Gasteiger partial charge < -0.3 is 14.2 Å². The number of furan rings is 1. The van der Waals surface area contributed by atoms with Gasteiger partial charge in [0.1, 0.15) is 5.76 Å². The summed E-state index contributed by atoms with van der Waals surface area (Å²) in [6, 6.07) is 13.8. The molecule has 1 fully saturated rings. The van der Waals surface area contributed by atoms with Crippen molar-refractivity contribution in [2.45, 2.75) is 26.9 Å². The van der Waals surface area contributed by atoms with Crippen LogP contribution < -0.4 is 0 Å². The van der Waals surface area contributed by atoms with Crippen LogP contribution in [0.2, 0.25) is 0 Å². The number of likely N-dealkylation sites (N-methyl/N-ethyl adjacent to an activating group) is 1. The van der Waals surface area contributed by atoms with E-state index >= 15 is 0 Å². The fraction of sp³-hybridized carbons (Fsp3) is 0.500. The van der Waals surface area contributed by atoms with E-state index in [2.05, 4.69) is 9.80 Å². The maximum absolute atomic E-state index is 13.1. The van der Waals surface area contributed by atoms with Crippen LogP contribution in [-0.2, 0) is 22.7 Å². The summed E-state index contributed by atoms with van der Waals surface area (Å²) < 4.78 is 5.48. The molecule has 31 heavy (non-hydrogen) atoms. The zero-order valence-electron chi connectivity index (χ0n) is 18.7. The van der Waals surface area contributed by atoms with E-state index in [-0.39, 0.29) is 11.8 Å². The molecule has 0 radical (unpaired) electrons. The highest BCUT2D eigenvalue weighted by Gasteiger charge is 2.24. The minimum atomic E-state index is 0.0907. The van der Waals surface area contributed by atoms with E-state index in [9.17, 15) is 9.59 Å². The number of piperazine rings is 1. The second-order valence-electron chi connectivity index (χ2n) is 7.93. The molecule has 1 aromatic heterocycles. The standard InChI is InChI=1S/C24H34N4O3/c1-3-27(4-2)23(29)19-25-12-14-26(15-13-25)20-24(30)28(18-22-11-8-16-31-22)17-21-9-6-5-7-10-21/h5-11,16H,3-4,12-15,17-20H2,1-2H3. The fourth-order valence-corrected chi connectivity index (χ4v) is 3.89. The van der Waals surface area contributed by atoms with Crippen molar-refractivity contribution in [3.05, 3.63) is 60.1 Å². The zero-order chi connectivity index (χ0) is 22.1. The van der Waals surface area contributed by atoms with Gasteiger partial charge in [-0.1, -0.05) is 30.3 Å². The topological polar surface area (TPSA) is 60.2 Å². The molecule has 7 nitrogen and oxygen atoms in total. The van der Waals surface area contributed by atoms with Crippen molar-refractivity contribution in [3.63, 3.8) is 0 Å². The molecule has 0 saturated carbocycles. The maximum atomic E-state index is 13.1. The summed E-state index contributed by atoms with van der Waals surface area (Å²) in [6.45, 7) is 10.5. The molecule has 0 N–H and O–H groups in total. The lowest BCUT2D eigenvalue weighted by Gasteiger charge is -2.35. The van der Waals surface area contributed by atoms with Crippen LogP contribution in [0, 0.1) is 0 Å². The van der Waals surface area contributed by atoms with Crippen molar-refractivity contribution in [2.24, 2.45) is 0 Å². The Morgan fingerprint density at radius 3 is 1.90 bits per heavy atom. The maximum Gasteiger partial charge on any atom is 0.237 e. The van der Waals surface area contributed by atoms with Crippen molar-refractivity contribution in [2.75, 3.05) is 52.4 Å². The predicted molar refractivity (Wildman–Crippen MR) is 120 cm³/mol. The second-order valence-corrected chi connectivity index (χ2v) is 7.93. The minimum absolute atomic E-state index is 0.0907. The number of hydrogen-bond donors (Lipinski definition) is 0. The lowest BCUT2D eigenvalue weighted by Crippen LogP contribution is -2.52. The van der Waals surface area contributed by atoms with Gasteiger partial charge in [0.25, 0.3) is 0 Å². The second kappa shape index (κ2) is 11.7. The molecule has 0 unspecified atom stereocenters. The van der Waals surface area contributed by atoms with Crippen LogP contribution in [-0.4, -0.2) is 83.8 Å². The fourth-order valence-electron chi connectivity index (χ4n) is 3.89. The van der Waals surface area contributed by atoms with Gasteiger partial charge in [-0.2, -0.15) is 0 Å². The van der Waals surface area contributed by atoms with E-state index in [1.807, 2.05) is 66.1 Å². The third-order valence-corrected chi connectivity index (χ3v) is 5.79. The normalized spacial score (nSPS) is 15.0. The summed E-state index contributed by atoms with van der Waals surface area (Å²) in [4.78, 5) is 33.6. The summed E-state index contributed by atoms with van der Waals surface area (Å²) in [5.74, 6) is 1.05. The number of benzene rings is 1. The number of amides is 2. The molecule has 0 aliphatic carbocycles. The first-order valence-corrected chi connectivity index (χ1v) is 11.2. The SMILES string of the molecule is CCN(CC)C(=O)CN1CCN(CC(=O)N(Cc2ccccc2)Cc2ccco2)CC1. The summed E-state index contributed by atoms with van der Waals surface area (Å²) in [5, 5.41) is 0. The lowest BCUT2D eigenvalue weighted by atomic mass is 10.2.